The predicted octanol–water partition coefficient (Wildman–Crippen LogP) is 3.46. The molecule has 0 saturated carbocycles. The van der Waals surface area contributed by atoms with Crippen molar-refractivity contribution in [3.05, 3.63) is 64.9 Å². The number of hydrogen-bond donors (Lipinski definition) is 1. The minimum Gasteiger partial charge on any atom is -0.380 e. The molecule has 1 aliphatic heterocycles. The van der Waals surface area contributed by atoms with E-state index in [1.54, 1.807) is 19.5 Å². The van der Waals surface area contributed by atoms with Crippen molar-refractivity contribution >= 4 is 22.8 Å². The third kappa shape index (κ3) is 4.48. The van der Waals surface area contributed by atoms with Crippen molar-refractivity contribution in [1.29, 1.82) is 0 Å². The molecule has 6 nitrogen and oxygen atoms in total. The van der Waals surface area contributed by atoms with Crippen molar-refractivity contribution in [2.24, 2.45) is 5.73 Å². The number of rotatable bonds is 6. The highest BCUT2D eigenvalue weighted by Crippen LogP contribution is 2.30. The number of carbonyl (C=O) groups is 1. The number of halogens is 2. The molecular formula is C22H22F2N4O2S. The number of ketones is 1. The third-order valence-electron chi connectivity index (χ3n) is 5.43. The number of hydrogen-bond acceptors (Lipinski definition) is 7. The van der Waals surface area contributed by atoms with Gasteiger partial charge in [0.25, 0.3) is 0 Å². The lowest BCUT2D eigenvalue weighted by molar-refractivity contribution is 0.0664. The van der Waals surface area contributed by atoms with Crippen molar-refractivity contribution in [2.45, 2.75) is 25.0 Å². The zero-order chi connectivity index (χ0) is 22.0. The first-order valence-corrected chi connectivity index (χ1v) is 10.7. The van der Waals surface area contributed by atoms with Crippen LogP contribution >= 0.6 is 11.3 Å². The van der Waals surface area contributed by atoms with E-state index in [4.69, 9.17) is 10.5 Å². The Morgan fingerprint density at radius 1 is 1.32 bits per heavy atom. The maximum Gasteiger partial charge on any atom is 0.186 e. The number of anilines is 1. The van der Waals surface area contributed by atoms with E-state index in [2.05, 4.69) is 14.9 Å². The van der Waals surface area contributed by atoms with Crippen molar-refractivity contribution in [2.75, 3.05) is 25.1 Å². The minimum atomic E-state index is -0.710. The fourth-order valence-corrected chi connectivity index (χ4v) is 4.69. The number of aromatic nitrogens is 2. The molecule has 3 aromatic rings. The predicted molar refractivity (Wildman–Crippen MR) is 115 cm³/mol. The van der Waals surface area contributed by atoms with Crippen LogP contribution in [0.25, 0.3) is 10.6 Å². The van der Waals surface area contributed by atoms with E-state index in [1.807, 2.05) is 6.07 Å². The lowest BCUT2D eigenvalue weighted by atomic mass is 10.00. The molecule has 31 heavy (non-hydrogen) atoms. The molecule has 0 radical (unpaired) electrons. The zero-order valence-corrected chi connectivity index (χ0v) is 17.7. The van der Waals surface area contributed by atoms with Gasteiger partial charge in [-0.1, -0.05) is 6.07 Å². The number of thiazole rings is 1. The summed E-state index contributed by atoms with van der Waals surface area (Å²) in [6.45, 7) is 1.36. The van der Waals surface area contributed by atoms with Gasteiger partial charge in [-0.2, -0.15) is 0 Å². The summed E-state index contributed by atoms with van der Waals surface area (Å²) in [5.41, 5.74) is 7.82. The molecule has 2 aromatic heterocycles. The number of nitrogens with zero attached hydrogens (tertiary/aromatic N) is 3. The summed E-state index contributed by atoms with van der Waals surface area (Å²) >= 11 is 1.04. The number of methoxy groups -OCH3 is 1. The van der Waals surface area contributed by atoms with Crippen LogP contribution in [0, 0.1) is 11.6 Å². The van der Waals surface area contributed by atoms with Gasteiger partial charge in [0.2, 0.25) is 0 Å². The summed E-state index contributed by atoms with van der Waals surface area (Å²) < 4.78 is 33.5. The van der Waals surface area contributed by atoms with Gasteiger partial charge in [-0.3, -0.25) is 9.78 Å². The maximum absolute atomic E-state index is 14.0. The molecule has 162 valence electrons. The summed E-state index contributed by atoms with van der Waals surface area (Å²) in [4.78, 5) is 23.4. The Bertz CT molecular complexity index is 1070. The number of ether oxygens (including phenoxy) is 1. The van der Waals surface area contributed by atoms with Gasteiger partial charge in [0, 0.05) is 61.7 Å². The van der Waals surface area contributed by atoms with Gasteiger partial charge in [0.15, 0.2) is 5.78 Å². The van der Waals surface area contributed by atoms with Crippen molar-refractivity contribution < 1.29 is 18.3 Å². The second kappa shape index (κ2) is 9.17. The normalized spacial score (nSPS) is 18.9. The van der Waals surface area contributed by atoms with E-state index >= 15 is 0 Å². The standard InChI is InChI=1S/C22H22F2N4O2S/c1-30-20-6-8-28(11-16(20)25)18-5-7-26-10-13(18)9-19(29)17-12-31-22(27-17)21-14(23)3-2-4-15(21)24/h2-5,7,10,12,16,20H,6,8-9,11,25H2,1H3. The fourth-order valence-electron chi connectivity index (χ4n) is 3.82. The highest BCUT2D eigenvalue weighted by atomic mass is 32.1. The summed E-state index contributed by atoms with van der Waals surface area (Å²) in [6, 6.07) is 5.36. The maximum atomic E-state index is 14.0. The van der Waals surface area contributed by atoms with E-state index in [0.717, 1.165) is 35.6 Å². The quantitative estimate of drug-likeness (QED) is 0.587. The van der Waals surface area contributed by atoms with Crippen molar-refractivity contribution in [1.82, 2.24) is 9.97 Å². The molecule has 2 unspecified atom stereocenters. The summed E-state index contributed by atoms with van der Waals surface area (Å²) in [5, 5.41) is 1.66. The van der Waals surface area contributed by atoms with Crippen molar-refractivity contribution in [3.63, 3.8) is 0 Å². The number of piperidine rings is 1. The van der Waals surface area contributed by atoms with E-state index in [9.17, 15) is 13.6 Å². The Morgan fingerprint density at radius 2 is 2.10 bits per heavy atom. The van der Waals surface area contributed by atoms with E-state index in [-0.39, 0.29) is 40.6 Å². The third-order valence-corrected chi connectivity index (χ3v) is 6.29. The topological polar surface area (TPSA) is 81.3 Å². The highest BCUT2D eigenvalue weighted by molar-refractivity contribution is 7.13. The monoisotopic (exact) mass is 444 g/mol. The smallest absolute Gasteiger partial charge is 0.186 e. The molecule has 1 saturated heterocycles. The fraction of sp³-hybridized carbons (Fsp3) is 0.318. The summed E-state index contributed by atoms with van der Waals surface area (Å²) in [7, 11) is 1.66. The zero-order valence-electron chi connectivity index (χ0n) is 16.9. The second-order valence-corrected chi connectivity index (χ2v) is 8.27. The average molecular weight is 445 g/mol. The first kappa shape index (κ1) is 21.5. The SMILES string of the molecule is COC1CCN(c2ccncc2CC(=O)c2csc(-c3c(F)cccc3F)n2)CC1N. The van der Waals surface area contributed by atoms with Gasteiger partial charge in [0.05, 0.1) is 11.7 Å². The molecule has 9 heteroatoms. The highest BCUT2D eigenvalue weighted by Gasteiger charge is 2.28. The molecule has 3 heterocycles. The molecule has 4 rings (SSSR count). The number of carbonyl (C=O) groups excluding carboxylic acids is 1. The van der Waals surface area contributed by atoms with Crippen LogP contribution in [0.15, 0.2) is 42.0 Å². The largest absolute Gasteiger partial charge is 0.380 e. The van der Waals surface area contributed by atoms with E-state index < -0.39 is 11.6 Å². The Morgan fingerprint density at radius 3 is 2.81 bits per heavy atom. The van der Waals surface area contributed by atoms with Gasteiger partial charge in [-0.15, -0.1) is 11.3 Å². The lowest BCUT2D eigenvalue weighted by Crippen LogP contribution is -2.52. The van der Waals surface area contributed by atoms with Gasteiger partial charge in [-0.05, 0) is 24.6 Å². The van der Waals surface area contributed by atoms with E-state index in [0.29, 0.717) is 6.54 Å². The van der Waals surface area contributed by atoms with Gasteiger partial charge in [0.1, 0.15) is 22.3 Å². The molecule has 0 bridgehead atoms. The van der Waals surface area contributed by atoms with Crippen LogP contribution in [0.5, 0.6) is 0 Å². The Hall–Kier alpha value is -2.75. The summed E-state index contributed by atoms with van der Waals surface area (Å²) in [6.07, 6.45) is 4.21. The molecule has 0 spiro atoms. The number of pyridine rings is 1. The molecule has 0 aliphatic carbocycles. The molecule has 1 aromatic carbocycles. The van der Waals surface area contributed by atoms with Crippen LogP contribution in [0.1, 0.15) is 22.5 Å². The summed E-state index contributed by atoms with van der Waals surface area (Å²) in [5.74, 6) is -1.66. The van der Waals surface area contributed by atoms with E-state index in [1.165, 1.54) is 23.6 Å². The minimum absolute atomic E-state index is 0.00961. The second-order valence-electron chi connectivity index (χ2n) is 7.41. The van der Waals surface area contributed by atoms with Crippen LogP contribution in [0.3, 0.4) is 0 Å². The van der Waals surface area contributed by atoms with Gasteiger partial charge >= 0.3 is 0 Å². The number of benzene rings is 1. The molecule has 2 N–H and O–H groups in total. The first-order chi connectivity index (χ1) is 15.0. The lowest BCUT2D eigenvalue weighted by Gasteiger charge is -2.38. The average Bonchev–Trinajstić information content (AvgIpc) is 3.24. The van der Waals surface area contributed by atoms with Crippen LogP contribution in [0.2, 0.25) is 0 Å². The van der Waals surface area contributed by atoms with Gasteiger partial charge < -0.3 is 15.4 Å². The molecule has 1 fully saturated rings. The Balaban J connectivity index is 1.54. The molecule has 1 aliphatic rings. The number of nitrogens with two attached hydrogens (primary N) is 1. The Kier molecular flexibility index (Phi) is 6.35. The van der Waals surface area contributed by atoms with Crippen LogP contribution < -0.4 is 10.6 Å². The van der Waals surface area contributed by atoms with Crippen LogP contribution in [-0.2, 0) is 11.2 Å². The van der Waals surface area contributed by atoms with Crippen molar-refractivity contribution in [3.8, 4) is 10.6 Å². The number of Topliss-reactive ketones (excluding diaryl/α,β-unsaturated/α-hetero) is 1. The first-order valence-electron chi connectivity index (χ1n) is 9.87. The molecule has 2 atom stereocenters. The van der Waals surface area contributed by atoms with Crippen LogP contribution in [0.4, 0.5) is 14.5 Å². The molecule has 0 amide bonds. The molecular weight excluding hydrogens is 422 g/mol. The van der Waals surface area contributed by atoms with Gasteiger partial charge in [-0.25, -0.2) is 13.8 Å². The van der Waals surface area contributed by atoms with Crippen LogP contribution in [-0.4, -0.2) is 48.1 Å². The Labute approximate surface area is 182 Å².